The van der Waals surface area contributed by atoms with E-state index in [-0.39, 0.29) is 0 Å². The standard InChI is InChI=1S/C12H23N3OS2/c1-2-4-13-10(3-1)11-7-16-12(8-17-11)15-6-5-14-18-9-15/h10-14H,1-9H2. The highest BCUT2D eigenvalue weighted by Gasteiger charge is 2.32. The molecule has 0 saturated carbocycles. The molecular weight excluding hydrogens is 266 g/mol. The summed E-state index contributed by atoms with van der Waals surface area (Å²) in [6.07, 6.45) is 4.39. The first-order valence-electron chi connectivity index (χ1n) is 6.99. The molecule has 0 amide bonds. The SMILES string of the molecule is C1CCC(C2COC(N3CCNSC3)CS2)NC1. The first-order chi connectivity index (χ1) is 8.93. The van der Waals surface area contributed by atoms with Gasteiger partial charge in [0, 0.05) is 30.1 Å². The van der Waals surface area contributed by atoms with Gasteiger partial charge in [0.1, 0.15) is 6.23 Å². The molecule has 2 N–H and O–H groups in total. The molecule has 0 bridgehead atoms. The average Bonchev–Trinajstić information content (AvgIpc) is 2.49. The zero-order valence-electron chi connectivity index (χ0n) is 10.8. The van der Waals surface area contributed by atoms with Crippen LogP contribution < -0.4 is 10.0 Å². The fourth-order valence-electron chi connectivity index (χ4n) is 2.83. The van der Waals surface area contributed by atoms with Gasteiger partial charge in [-0.3, -0.25) is 9.62 Å². The molecule has 3 rings (SSSR count). The van der Waals surface area contributed by atoms with E-state index in [2.05, 4.69) is 26.7 Å². The minimum atomic E-state index is 0.337. The van der Waals surface area contributed by atoms with E-state index in [4.69, 9.17) is 4.74 Å². The number of ether oxygens (including phenoxy) is 1. The molecule has 0 aromatic carbocycles. The van der Waals surface area contributed by atoms with Crippen LogP contribution in [0.1, 0.15) is 19.3 Å². The third kappa shape index (κ3) is 3.35. The molecule has 3 fully saturated rings. The van der Waals surface area contributed by atoms with Gasteiger partial charge in [0.15, 0.2) is 0 Å². The predicted octanol–water partition coefficient (Wildman–Crippen LogP) is 1.10. The molecule has 3 atom stereocenters. The third-order valence-electron chi connectivity index (χ3n) is 3.94. The van der Waals surface area contributed by atoms with Crippen LogP contribution in [0.2, 0.25) is 0 Å². The molecule has 3 aliphatic rings. The van der Waals surface area contributed by atoms with E-state index in [0.29, 0.717) is 17.5 Å². The fraction of sp³-hybridized carbons (Fsp3) is 1.00. The van der Waals surface area contributed by atoms with Crippen LogP contribution in [0.25, 0.3) is 0 Å². The molecule has 104 valence electrons. The van der Waals surface area contributed by atoms with Crippen molar-refractivity contribution in [2.75, 3.05) is 37.9 Å². The van der Waals surface area contributed by atoms with Crippen LogP contribution in [0, 0.1) is 0 Å². The van der Waals surface area contributed by atoms with Crippen molar-refractivity contribution in [1.29, 1.82) is 0 Å². The fourth-order valence-corrected chi connectivity index (χ4v) is 4.98. The minimum Gasteiger partial charge on any atom is -0.361 e. The van der Waals surface area contributed by atoms with Crippen LogP contribution in [0.5, 0.6) is 0 Å². The summed E-state index contributed by atoms with van der Waals surface area (Å²) in [6.45, 7) is 4.30. The molecule has 0 spiro atoms. The Labute approximate surface area is 118 Å². The average molecular weight is 289 g/mol. The zero-order chi connectivity index (χ0) is 12.2. The molecule has 0 aliphatic carbocycles. The predicted molar refractivity (Wildman–Crippen MR) is 78.8 cm³/mol. The number of hydrogen-bond acceptors (Lipinski definition) is 6. The number of nitrogens with zero attached hydrogens (tertiary/aromatic N) is 1. The lowest BCUT2D eigenvalue weighted by molar-refractivity contribution is -0.0428. The third-order valence-corrected chi connectivity index (χ3v) is 6.18. The van der Waals surface area contributed by atoms with Crippen molar-refractivity contribution in [3.63, 3.8) is 0 Å². The number of thioether (sulfide) groups is 1. The van der Waals surface area contributed by atoms with E-state index in [0.717, 1.165) is 31.3 Å². The zero-order valence-corrected chi connectivity index (χ0v) is 12.4. The number of piperidine rings is 1. The van der Waals surface area contributed by atoms with Crippen molar-refractivity contribution in [2.45, 2.75) is 36.8 Å². The lowest BCUT2D eigenvalue weighted by atomic mass is 10.0. The summed E-state index contributed by atoms with van der Waals surface area (Å²) in [5.41, 5.74) is 0. The Hall–Kier alpha value is 0.540. The molecule has 6 heteroatoms. The van der Waals surface area contributed by atoms with Crippen LogP contribution >= 0.6 is 23.7 Å². The van der Waals surface area contributed by atoms with Gasteiger partial charge < -0.3 is 10.1 Å². The number of rotatable bonds is 2. The molecule has 3 unspecified atom stereocenters. The second-order valence-corrected chi connectivity index (χ2v) is 7.30. The molecule has 3 heterocycles. The Morgan fingerprint density at radius 3 is 2.89 bits per heavy atom. The highest BCUT2D eigenvalue weighted by molar-refractivity contribution is 8.00. The van der Waals surface area contributed by atoms with Crippen LogP contribution in [0.15, 0.2) is 0 Å². The Morgan fingerprint density at radius 1 is 1.22 bits per heavy atom. The van der Waals surface area contributed by atoms with Crippen molar-refractivity contribution in [3.05, 3.63) is 0 Å². The topological polar surface area (TPSA) is 36.5 Å². The number of hydrogen-bond donors (Lipinski definition) is 2. The van der Waals surface area contributed by atoms with Crippen LogP contribution in [-0.2, 0) is 4.74 Å². The molecule has 4 nitrogen and oxygen atoms in total. The van der Waals surface area contributed by atoms with E-state index in [1.165, 1.54) is 25.8 Å². The molecule has 0 aromatic rings. The van der Waals surface area contributed by atoms with Gasteiger partial charge in [-0.1, -0.05) is 18.4 Å². The largest absolute Gasteiger partial charge is 0.361 e. The Balaban J connectivity index is 1.45. The molecule has 0 aromatic heterocycles. The summed E-state index contributed by atoms with van der Waals surface area (Å²) in [5, 5.41) is 4.32. The summed E-state index contributed by atoms with van der Waals surface area (Å²) >= 11 is 3.91. The van der Waals surface area contributed by atoms with Gasteiger partial charge >= 0.3 is 0 Å². The van der Waals surface area contributed by atoms with Gasteiger partial charge in [0.05, 0.1) is 12.5 Å². The van der Waals surface area contributed by atoms with E-state index in [9.17, 15) is 0 Å². The lowest BCUT2D eigenvalue weighted by Crippen LogP contribution is -2.52. The van der Waals surface area contributed by atoms with E-state index in [1.54, 1.807) is 11.9 Å². The molecule has 3 saturated heterocycles. The maximum absolute atomic E-state index is 6.11. The molecule has 0 radical (unpaired) electrons. The van der Waals surface area contributed by atoms with E-state index in [1.807, 2.05) is 0 Å². The smallest absolute Gasteiger partial charge is 0.120 e. The van der Waals surface area contributed by atoms with Crippen LogP contribution in [0.4, 0.5) is 0 Å². The van der Waals surface area contributed by atoms with Crippen molar-refractivity contribution < 1.29 is 4.74 Å². The van der Waals surface area contributed by atoms with Crippen molar-refractivity contribution in [1.82, 2.24) is 14.9 Å². The van der Waals surface area contributed by atoms with Gasteiger partial charge in [-0.15, -0.1) is 0 Å². The first-order valence-corrected chi connectivity index (χ1v) is 9.02. The van der Waals surface area contributed by atoms with Crippen LogP contribution in [-0.4, -0.2) is 60.3 Å². The summed E-state index contributed by atoms with van der Waals surface area (Å²) in [7, 11) is 0. The Morgan fingerprint density at radius 2 is 2.22 bits per heavy atom. The summed E-state index contributed by atoms with van der Waals surface area (Å²) < 4.78 is 9.42. The number of nitrogens with one attached hydrogen (secondary N) is 2. The second-order valence-electron chi connectivity index (χ2n) is 5.20. The van der Waals surface area contributed by atoms with Gasteiger partial charge in [-0.2, -0.15) is 11.8 Å². The van der Waals surface area contributed by atoms with E-state index >= 15 is 0 Å². The minimum absolute atomic E-state index is 0.337. The maximum Gasteiger partial charge on any atom is 0.120 e. The van der Waals surface area contributed by atoms with Crippen molar-refractivity contribution in [2.24, 2.45) is 0 Å². The highest BCUT2D eigenvalue weighted by atomic mass is 32.2. The Kier molecular flexibility index (Phi) is 5.12. The Bertz CT molecular complexity index is 224. The molecule has 3 aliphatic heterocycles. The van der Waals surface area contributed by atoms with Gasteiger partial charge in [0.25, 0.3) is 0 Å². The molecule has 18 heavy (non-hydrogen) atoms. The molecular formula is C12H23N3OS2. The second kappa shape index (κ2) is 6.81. The summed E-state index contributed by atoms with van der Waals surface area (Å²) in [5.74, 6) is 2.18. The lowest BCUT2D eigenvalue weighted by Gasteiger charge is -2.40. The van der Waals surface area contributed by atoms with Crippen LogP contribution in [0.3, 0.4) is 0 Å². The quantitative estimate of drug-likeness (QED) is 0.742. The monoisotopic (exact) mass is 289 g/mol. The van der Waals surface area contributed by atoms with Gasteiger partial charge in [-0.25, -0.2) is 0 Å². The van der Waals surface area contributed by atoms with E-state index < -0.39 is 0 Å². The van der Waals surface area contributed by atoms with Gasteiger partial charge in [0.2, 0.25) is 0 Å². The summed E-state index contributed by atoms with van der Waals surface area (Å²) in [4.78, 5) is 2.46. The first kappa shape index (κ1) is 13.5. The maximum atomic E-state index is 6.11. The van der Waals surface area contributed by atoms with Crippen molar-refractivity contribution in [3.8, 4) is 0 Å². The normalized spacial score (nSPS) is 39.7. The van der Waals surface area contributed by atoms with Gasteiger partial charge in [-0.05, 0) is 19.4 Å². The summed E-state index contributed by atoms with van der Waals surface area (Å²) in [6, 6.07) is 0.682. The highest BCUT2D eigenvalue weighted by Crippen LogP contribution is 2.28. The van der Waals surface area contributed by atoms with Crippen molar-refractivity contribution >= 4 is 23.7 Å².